The normalized spacial score (nSPS) is 11.7. The van der Waals surface area contributed by atoms with Gasteiger partial charge in [-0.25, -0.2) is 4.39 Å². The molecule has 0 saturated carbocycles. The SMILES string of the molecule is O=C(NCc1ccco1)[C@@H](C(=O)c1ccc(F)cc1)n1ccccc1=O. The van der Waals surface area contributed by atoms with Crippen molar-refractivity contribution in [2.75, 3.05) is 0 Å². The molecule has 0 bridgehead atoms. The monoisotopic (exact) mass is 354 g/mol. The van der Waals surface area contributed by atoms with Crippen molar-refractivity contribution in [2.24, 2.45) is 0 Å². The largest absolute Gasteiger partial charge is 0.467 e. The molecule has 3 aromatic rings. The van der Waals surface area contributed by atoms with Gasteiger partial charge in [0.2, 0.25) is 0 Å². The van der Waals surface area contributed by atoms with E-state index in [4.69, 9.17) is 4.42 Å². The molecule has 0 radical (unpaired) electrons. The van der Waals surface area contributed by atoms with E-state index in [0.717, 1.165) is 16.7 Å². The molecule has 0 spiro atoms. The van der Waals surface area contributed by atoms with Gasteiger partial charge in [0.1, 0.15) is 11.6 Å². The number of Topliss-reactive ketones (excluding diaryl/α,β-unsaturated/α-hetero) is 1. The van der Waals surface area contributed by atoms with Crippen LogP contribution in [-0.4, -0.2) is 16.3 Å². The predicted molar refractivity (Wildman–Crippen MR) is 91.0 cm³/mol. The van der Waals surface area contributed by atoms with Gasteiger partial charge < -0.3 is 9.73 Å². The van der Waals surface area contributed by atoms with Crippen LogP contribution in [-0.2, 0) is 11.3 Å². The maximum Gasteiger partial charge on any atom is 0.251 e. The highest BCUT2D eigenvalue weighted by molar-refractivity contribution is 6.11. The summed E-state index contributed by atoms with van der Waals surface area (Å²) in [7, 11) is 0. The number of aromatic nitrogens is 1. The predicted octanol–water partition coefficient (Wildman–Crippen LogP) is 2.32. The van der Waals surface area contributed by atoms with Gasteiger partial charge in [0.25, 0.3) is 11.5 Å². The van der Waals surface area contributed by atoms with Crippen LogP contribution in [0.25, 0.3) is 0 Å². The zero-order valence-corrected chi connectivity index (χ0v) is 13.6. The van der Waals surface area contributed by atoms with Crippen LogP contribution in [0.4, 0.5) is 4.39 Å². The molecule has 132 valence electrons. The zero-order valence-electron chi connectivity index (χ0n) is 13.6. The number of rotatable bonds is 6. The number of nitrogens with zero attached hydrogens (tertiary/aromatic N) is 1. The summed E-state index contributed by atoms with van der Waals surface area (Å²) in [5.41, 5.74) is -0.374. The Morgan fingerprint density at radius 2 is 1.85 bits per heavy atom. The van der Waals surface area contributed by atoms with E-state index >= 15 is 0 Å². The van der Waals surface area contributed by atoms with Crippen LogP contribution in [0, 0.1) is 5.82 Å². The third-order valence-corrected chi connectivity index (χ3v) is 3.77. The minimum atomic E-state index is -1.41. The number of nitrogens with one attached hydrogen (secondary N) is 1. The number of furan rings is 1. The second-order valence-corrected chi connectivity index (χ2v) is 5.52. The van der Waals surface area contributed by atoms with E-state index in [-0.39, 0.29) is 12.1 Å². The lowest BCUT2D eigenvalue weighted by Crippen LogP contribution is -2.41. The van der Waals surface area contributed by atoms with E-state index in [1.165, 1.54) is 36.7 Å². The van der Waals surface area contributed by atoms with Crippen molar-refractivity contribution in [1.82, 2.24) is 9.88 Å². The lowest BCUT2D eigenvalue weighted by atomic mass is 10.0. The molecule has 1 aromatic carbocycles. The van der Waals surface area contributed by atoms with E-state index in [1.54, 1.807) is 18.2 Å². The van der Waals surface area contributed by atoms with Gasteiger partial charge in [0.05, 0.1) is 12.8 Å². The van der Waals surface area contributed by atoms with E-state index in [2.05, 4.69) is 5.32 Å². The highest BCUT2D eigenvalue weighted by Gasteiger charge is 2.30. The summed E-state index contributed by atoms with van der Waals surface area (Å²) in [5.74, 6) is -1.27. The Morgan fingerprint density at radius 3 is 2.50 bits per heavy atom. The highest BCUT2D eigenvalue weighted by atomic mass is 19.1. The van der Waals surface area contributed by atoms with Crippen LogP contribution in [0.15, 0.2) is 76.3 Å². The molecule has 0 fully saturated rings. The molecule has 3 rings (SSSR count). The van der Waals surface area contributed by atoms with Crippen LogP contribution in [0.5, 0.6) is 0 Å². The summed E-state index contributed by atoms with van der Waals surface area (Å²) < 4.78 is 19.3. The standard InChI is InChI=1S/C19H15FN2O4/c20-14-8-6-13(7-9-14)18(24)17(22-10-2-1-5-16(22)23)19(25)21-12-15-4-3-11-26-15/h1-11,17H,12H2,(H,21,25)/t17-/m1/s1. The van der Waals surface area contributed by atoms with Crippen LogP contribution < -0.4 is 10.9 Å². The lowest BCUT2D eigenvalue weighted by molar-refractivity contribution is -0.123. The summed E-state index contributed by atoms with van der Waals surface area (Å²) in [4.78, 5) is 37.7. The van der Waals surface area contributed by atoms with E-state index in [0.29, 0.717) is 5.76 Å². The number of carbonyl (C=O) groups is 2. The first-order valence-electron chi connectivity index (χ1n) is 7.83. The number of hydrogen-bond donors (Lipinski definition) is 1. The summed E-state index contributed by atoms with van der Waals surface area (Å²) in [6.07, 6.45) is 2.82. The Morgan fingerprint density at radius 1 is 1.08 bits per heavy atom. The molecule has 0 aliphatic heterocycles. The Labute approximate surface area is 147 Å². The van der Waals surface area contributed by atoms with Crippen molar-refractivity contribution in [3.05, 3.63) is 94.6 Å². The van der Waals surface area contributed by atoms with Crippen molar-refractivity contribution >= 4 is 11.7 Å². The molecule has 0 unspecified atom stereocenters. The second-order valence-electron chi connectivity index (χ2n) is 5.52. The molecular formula is C19H15FN2O4. The molecule has 7 heteroatoms. The first kappa shape index (κ1) is 17.3. The van der Waals surface area contributed by atoms with Crippen molar-refractivity contribution in [3.63, 3.8) is 0 Å². The number of amides is 1. The number of halogens is 1. The number of pyridine rings is 1. The maximum absolute atomic E-state index is 13.1. The molecule has 2 aromatic heterocycles. The summed E-state index contributed by atoms with van der Waals surface area (Å²) in [5, 5.41) is 2.59. The molecule has 0 aliphatic rings. The molecule has 1 amide bonds. The molecule has 6 nitrogen and oxygen atoms in total. The topological polar surface area (TPSA) is 81.3 Å². The number of carbonyl (C=O) groups excluding carboxylic acids is 2. The Bertz CT molecular complexity index is 962. The van der Waals surface area contributed by atoms with Gasteiger partial charge in [-0.3, -0.25) is 19.0 Å². The number of ketones is 1. The average molecular weight is 354 g/mol. The third-order valence-electron chi connectivity index (χ3n) is 3.77. The summed E-state index contributed by atoms with van der Waals surface area (Å²) in [6.45, 7) is 0.0701. The van der Waals surface area contributed by atoms with Crippen LogP contribution in [0.1, 0.15) is 22.2 Å². The van der Waals surface area contributed by atoms with Gasteiger partial charge >= 0.3 is 0 Å². The van der Waals surface area contributed by atoms with Crippen molar-refractivity contribution < 1.29 is 18.4 Å². The van der Waals surface area contributed by atoms with Gasteiger partial charge in [0, 0.05) is 17.8 Å². The molecule has 1 atom stereocenters. The molecule has 0 saturated heterocycles. The smallest absolute Gasteiger partial charge is 0.251 e. The highest BCUT2D eigenvalue weighted by Crippen LogP contribution is 2.15. The zero-order chi connectivity index (χ0) is 18.5. The van der Waals surface area contributed by atoms with Gasteiger partial charge in [-0.15, -0.1) is 0 Å². The Balaban J connectivity index is 1.92. The molecule has 0 aliphatic carbocycles. The van der Waals surface area contributed by atoms with E-state index < -0.39 is 29.1 Å². The van der Waals surface area contributed by atoms with Gasteiger partial charge in [-0.05, 0) is 42.5 Å². The fraction of sp³-hybridized carbons (Fsp3) is 0.105. The van der Waals surface area contributed by atoms with Crippen LogP contribution in [0.3, 0.4) is 0 Å². The average Bonchev–Trinajstić information content (AvgIpc) is 3.16. The van der Waals surface area contributed by atoms with Crippen LogP contribution in [0.2, 0.25) is 0 Å². The quantitative estimate of drug-likeness (QED) is 0.544. The van der Waals surface area contributed by atoms with Gasteiger partial charge in [-0.2, -0.15) is 0 Å². The molecule has 2 heterocycles. The minimum absolute atomic E-state index is 0.0701. The fourth-order valence-electron chi connectivity index (χ4n) is 2.48. The van der Waals surface area contributed by atoms with Crippen molar-refractivity contribution in [2.45, 2.75) is 12.6 Å². The summed E-state index contributed by atoms with van der Waals surface area (Å²) in [6, 6.07) is 11.0. The first-order chi connectivity index (χ1) is 12.6. The second kappa shape index (κ2) is 7.60. The fourth-order valence-corrected chi connectivity index (χ4v) is 2.48. The lowest BCUT2D eigenvalue weighted by Gasteiger charge is -2.18. The van der Waals surface area contributed by atoms with E-state index in [1.807, 2.05) is 0 Å². The van der Waals surface area contributed by atoms with Crippen LogP contribution >= 0.6 is 0 Å². The van der Waals surface area contributed by atoms with Gasteiger partial charge in [-0.1, -0.05) is 6.07 Å². The minimum Gasteiger partial charge on any atom is -0.467 e. The summed E-state index contributed by atoms with van der Waals surface area (Å²) >= 11 is 0. The van der Waals surface area contributed by atoms with E-state index in [9.17, 15) is 18.8 Å². The maximum atomic E-state index is 13.1. The Kier molecular flexibility index (Phi) is 5.07. The van der Waals surface area contributed by atoms with Gasteiger partial charge in [0.15, 0.2) is 11.8 Å². The Hall–Kier alpha value is -3.48. The number of benzene rings is 1. The number of hydrogen-bond acceptors (Lipinski definition) is 4. The van der Waals surface area contributed by atoms with Crippen molar-refractivity contribution in [3.8, 4) is 0 Å². The molecular weight excluding hydrogens is 339 g/mol. The third kappa shape index (κ3) is 3.77. The molecule has 26 heavy (non-hydrogen) atoms. The first-order valence-corrected chi connectivity index (χ1v) is 7.83. The molecule has 1 N–H and O–H groups in total. The van der Waals surface area contributed by atoms with Crippen molar-refractivity contribution in [1.29, 1.82) is 0 Å².